The van der Waals surface area contributed by atoms with Gasteiger partial charge in [-0.2, -0.15) is 0 Å². The third-order valence-electron chi connectivity index (χ3n) is 4.67. The molecule has 1 atom stereocenters. The maximum absolute atomic E-state index is 13.3. The van der Waals surface area contributed by atoms with E-state index in [2.05, 4.69) is 26.7 Å². The summed E-state index contributed by atoms with van der Waals surface area (Å²) < 4.78 is 18.8. The van der Waals surface area contributed by atoms with E-state index in [1.807, 2.05) is 25.3 Å². The van der Waals surface area contributed by atoms with E-state index in [0.717, 1.165) is 57.2 Å². The van der Waals surface area contributed by atoms with Gasteiger partial charge in [-0.25, -0.2) is 4.39 Å². The number of ether oxygens (including phenoxy) is 1. The summed E-state index contributed by atoms with van der Waals surface area (Å²) in [5.74, 6) is 0.662. The van der Waals surface area contributed by atoms with Gasteiger partial charge in [0.25, 0.3) is 0 Å². The Morgan fingerprint density at radius 2 is 2.08 bits per heavy atom. The average molecular weight is 362 g/mol. The van der Waals surface area contributed by atoms with Crippen LogP contribution in [0.5, 0.6) is 0 Å². The van der Waals surface area contributed by atoms with Crippen LogP contribution >= 0.6 is 0 Å². The number of nitrogens with one attached hydrogen (secondary N) is 1. The Kier molecular flexibility index (Phi) is 8.58. The van der Waals surface area contributed by atoms with Crippen LogP contribution in [-0.4, -0.2) is 69.2 Å². The minimum absolute atomic E-state index is 0.151. The second kappa shape index (κ2) is 10.9. The highest BCUT2D eigenvalue weighted by atomic mass is 19.1. The van der Waals surface area contributed by atoms with Crippen molar-refractivity contribution >= 4 is 5.96 Å². The highest BCUT2D eigenvalue weighted by Crippen LogP contribution is 2.21. The first-order valence-corrected chi connectivity index (χ1v) is 9.25. The number of guanidine groups is 1. The molecule has 1 saturated heterocycles. The molecule has 1 aliphatic heterocycles. The molecule has 1 N–H and O–H groups in total. The fourth-order valence-electron chi connectivity index (χ4n) is 3.18. The van der Waals surface area contributed by atoms with E-state index in [1.54, 1.807) is 7.05 Å². The number of rotatable bonds is 8. The topological polar surface area (TPSA) is 40.1 Å². The predicted molar refractivity (Wildman–Crippen MR) is 105 cm³/mol. The number of allylic oxidation sites excluding steroid dienone is 1. The van der Waals surface area contributed by atoms with Crippen molar-refractivity contribution in [3.8, 4) is 0 Å². The number of benzene rings is 1. The zero-order valence-corrected chi connectivity index (χ0v) is 16.0. The fourth-order valence-corrected chi connectivity index (χ4v) is 3.18. The zero-order chi connectivity index (χ0) is 18.8. The van der Waals surface area contributed by atoms with Crippen LogP contribution in [0.2, 0.25) is 0 Å². The normalized spacial score (nSPS) is 17.0. The number of aliphatic imine (C=N–C) groups is 1. The standard InChI is InChI=1S/C20H31FN4O/c1-4-5-6-11-24(3)20(22-2)23-16-19(25-12-14-26-15-13-25)17-7-9-18(21)10-8-17/h4,7-10,19H,1,5-6,11-16H2,2-3H3,(H,22,23). The van der Waals surface area contributed by atoms with Crippen LogP contribution in [0.4, 0.5) is 4.39 Å². The van der Waals surface area contributed by atoms with Crippen molar-refractivity contribution in [3.05, 3.63) is 48.3 Å². The molecule has 1 unspecified atom stereocenters. The summed E-state index contributed by atoms with van der Waals surface area (Å²) in [6.45, 7) is 8.61. The van der Waals surface area contributed by atoms with Gasteiger partial charge in [-0.3, -0.25) is 9.89 Å². The van der Waals surface area contributed by atoms with E-state index in [4.69, 9.17) is 4.74 Å². The Hall–Kier alpha value is -1.92. The molecule has 26 heavy (non-hydrogen) atoms. The second-order valence-electron chi connectivity index (χ2n) is 6.50. The van der Waals surface area contributed by atoms with Gasteiger partial charge in [-0.05, 0) is 30.5 Å². The first-order chi connectivity index (χ1) is 12.7. The maximum Gasteiger partial charge on any atom is 0.193 e. The Bertz CT molecular complexity index is 570. The molecule has 0 aliphatic carbocycles. The van der Waals surface area contributed by atoms with Gasteiger partial charge in [-0.1, -0.05) is 18.2 Å². The first kappa shape index (κ1) is 20.4. The van der Waals surface area contributed by atoms with Crippen LogP contribution in [0, 0.1) is 5.82 Å². The molecule has 1 aliphatic rings. The smallest absolute Gasteiger partial charge is 0.193 e. The lowest BCUT2D eigenvalue weighted by Crippen LogP contribution is -2.46. The van der Waals surface area contributed by atoms with Crippen LogP contribution in [-0.2, 0) is 4.74 Å². The third-order valence-corrected chi connectivity index (χ3v) is 4.67. The fraction of sp³-hybridized carbons (Fsp3) is 0.550. The van der Waals surface area contributed by atoms with Crippen molar-refractivity contribution in [2.45, 2.75) is 18.9 Å². The Morgan fingerprint density at radius 3 is 2.69 bits per heavy atom. The first-order valence-electron chi connectivity index (χ1n) is 9.25. The quantitative estimate of drug-likeness (QED) is 0.334. The Balaban J connectivity index is 2.03. The molecule has 6 heteroatoms. The van der Waals surface area contributed by atoms with Gasteiger partial charge in [-0.15, -0.1) is 6.58 Å². The van der Waals surface area contributed by atoms with Crippen LogP contribution in [0.15, 0.2) is 41.9 Å². The van der Waals surface area contributed by atoms with Gasteiger partial charge in [0.2, 0.25) is 0 Å². The van der Waals surface area contributed by atoms with Gasteiger partial charge in [0.1, 0.15) is 5.82 Å². The van der Waals surface area contributed by atoms with Crippen molar-refractivity contribution in [2.24, 2.45) is 4.99 Å². The summed E-state index contributed by atoms with van der Waals surface area (Å²) in [5, 5.41) is 3.48. The third kappa shape index (κ3) is 6.11. The maximum atomic E-state index is 13.3. The van der Waals surface area contributed by atoms with Gasteiger partial charge in [0.15, 0.2) is 5.96 Å². The number of nitrogens with zero attached hydrogens (tertiary/aromatic N) is 3. The molecule has 0 aromatic heterocycles. The largest absolute Gasteiger partial charge is 0.379 e. The molecule has 0 bridgehead atoms. The highest BCUT2D eigenvalue weighted by molar-refractivity contribution is 5.79. The van der Waals surface area contributed by atoms with Gasteiger partial charge >= 0.3 is 0 Å². The zero-order valence-electron chi connectivity index (χ0n) is 16.0. The molecule has 1 aromatic rings. The molecule has 0 amide bonds. The van der Waals surface area contributed by atoms with Crippen molar-refractivity contribution in [3.63, 3.8) is 0 Å². The van der Waals surface area contributed by atoms with E-state index in [1.165, 1.54) is 12.1 Å². The summed E-state index contributed by atoms with van der Waals surface area (Å²) >= 11 is 0. The molecule has 0 spiro atoms. The molecule has 1 aromatic carbocycles. The second-order valence-corrected chi connectivity index (χ2v) is 6.50. The molecule has 1 fully saturated rings. The van der Waals surface area contributed by atoms with E-state index >= 15 is 0 Å². The summed E-state index contributed by atoms with van der Waals surface area (Å²) in [7, 11) is 3.84. The molecule has 1 heterocycles. The van der Waals surface area contributed by atoms with Crippen molar-refractivity contribution < 1.29 is 9.13 Å². The van der Waals surface area contributed by atoms with Gasteiger partial charge < -0.3 is 15.0 Å². The van der Waals surface area contributed by atoms with Gasteiger partial charge in [0.05, 0.1) is 19.3 Å². The molecular weight excluding hydrogens is 331 g/mol. The molecule has 2 rings (SSSR count). The molecule has 5 nitrogen and oxygen atoms in total. The van der Waals surface area contributed by atoms with Crippen molar-refractivity contribution in [1.29, 1.82) is 0 Å². The van der Waals surface area contributed by atoms with Crippen LogP contribution in [0.1, 0.15) is 24.4 Å². The van der Waals surface area contributed by atoms with Crippen molar-refractivity contribution in [2.75, 3.05) is 53.5 Å². The summed E-state index contributed by atoms with van der Waals surface area (Å²) in [4.78, 5) is 8.91. The van der Waals surface area contributed by atoms with Crippen LogP contribution in [0.3, 0.4) is 0 Å². The minimum Gasteiger partial charge on any atom is -0.379 e. The number of unbranched alkanes of at least 4 members (excludes halogenated alkanes) is 1. The van der Waals surface area contributed by atoms with E-state index in [0.29, 0.717) is 6.54 Å². The Labute approximate surface area is 156 Å². The highest BCUT2D eigenvalue weighted by Gasteiger charge is 2.23. The molecule has 0 radical (unpaired) electrons. The average Bonchev–Trinajstić information content (AvgIpc) is 2.67. The van der Waals surface area contributed by atoms with E-state index in [9.17, 15) is 4.39 Å². The van der Waals surface area contributed by atoms with Gasteiger partial charge in [0, 0.05) is 40.3 Å². The predicted octanol–water partition coefficient (Wildman–Crippen LogP) is 2.67. The minimum atomic E-state index is -0.208. The lowest BCUT2D eigenvalue weighted by Gasteiger charge is -2.35. The lowest BCUT2D eigenvalue weighted by atomic mass is 10.0. The van der Waals surface area contributed by atoms with E-state index < -0.39 is 0 Å². The summed E-state index contributed by atoms with van der Waals surface area (Å²) in [5.41, 5.74) is 1.10. The lowest BCUT2D eigenvalue weighted by molar-refractivity contribution is 0.0169. The number of hydrogen-bond acceptors (Lipinski definition) is 3. The monoisotopic (exact) mass is 362 g/mol. The number of morpholine rings is 1. The van der Waals surface area contributed by atoms with Crippen LogP contribution < -0.4 is 5.32 Å². The molecule has 0 saturated carbocycles. The van der Waals surface area contributed by atoms with Crippen molar-refractivity contribution in [1.82, 2.24) is 15.1 Å². The molecular formula is C20H31FN4O. The number of halogens is 1. The number of hydrogen-bond donors (Lipinski definition) is 1. The summed E-state index contributed by atoms with van der Waals surface area (Å²) in [6, 6.07) is 6.94. The summed E-state index contributed by atoms with van der Waals surface area (Å²) in [6.07, 6.45) is 3.98. The van der Waals surface area contributed by atoms with Crippen LogP contribution in [0.25, 0.3) is 0 Å². The SMILES string of the molecule is C=CCCCN(C)C(=NC)NCC(c1ccc(F)cc1)N1CCOCC1. The van der Waals surface area contributed by atoms with E-state index in [-0.39, 0.29) is 11.9 Å². The Morgan fingerprint density at radius 1 is 1.38 bits per heavy atom. The molecule has 144 valence electrons.